The van der Waals surface area contributed by atoms with Gasteiger partial charge >= 0.3 is 0 Å². The van der Waals surface area contributed by atoms with Gasteiger partial charge in [-0.05, 0) is 50.4 Å². The Bertz CT molecular complexity index is 427. The maximum absolute atomic E-state index is 12.8. The molecule has 0 aromatic heterocycles. The van der Waals surface area contributed by atoms with Crippen molar-refractivity contribution in [1.82, 2.24) is 10.6 Å². The summed E-state index contributed by atoms with van der Waals surface area (Å²) < 4.78 is 12.8. The molecule has 3 nitrogen and oxygen atoms in total. The lowest BCUT2D eigenvalue weighted by molar-refractivity contribution is -0.122. The molecule has 2 N–H and O–H groups in total. The second-order valence-electron chi connectivity index (χ2n) is 5.53. The third-order valence-corrected chi connectivity index (χ3v) is 3.88. The molecule has 1 saturated heterocycles. The Labute approximate surface area is 120 Å². The summed E-state index contributed by atoms with van der Waals surface area (Å²) >= 11 is 0. The number of halogens is 1. The summed E-state index contributed by atoms with van der Waals surface area (Å²) in [5.74, 6) is -0.190. The Morgan fingerprint density at radius 1 is 1.40 bits per heavy atom. The van der Waals surface area contributed by atoms with Crippen molar-refractivity contribution in [2.24, 2.45) is 0 Å². The predicted octanol–water partition coefficient (Wildman–Crippen LogP) is 2.93. The van der Waals surface area contributed by atoms with Crippen molar-refractivity contribution >= 4 is 5.91 Å². The molecule has 0 spiro atoms. The molecule has 1 aliphatic heterocycles. The Kier molecular flexibility index (Phi) is 5.53. The van der Waals surface area contributed by atoms with Gasteiger partial charge in [-0.3, -0.25) is 4.79 Å². The van der Waals surface area contributed by atoms with E-state index in [-0.39, 0.29) is 17.8 Å². The topological polar surface area (TPSA) is 41.1 Å². The van der Waals surface area contributed by atoms with E-state index in [1.54, 1.807) is 12.1 Å². The smallest absolute Gasteiger partial charge is 0.220 e. The minimum atomic E-state index is -0.254. The molecule has 1 unspecified atom stereocenters. The van der Waals surface area contributed by atoms with Crippen LogP contribution >= 0.6 is 0 Å². The Morgan fingerprint density at radius 2 is 2.15 bits per heavy atom. The van der Waals surface area contributed by atoms with Crippen LogP contribution in [0.25, 0.3) is 0 Å². The lowest BCUT2D eigenvalue weighted by atomic mass is 10.0. The van der Waals surface area contributed by atoms with Gasteiger partial charge in [-0.25, -0.2) is 4.39 Å². The Morgan fingerprint density at radius 3 is 2.80 bits per heavy atom. The van der Waals surface area contributed by atoms with Crippen LogP contribution in [-0.2, 0) is 4.79 Å². The van der Waals surface area contributed by atoms with Crippen LogP contribution in [0.2, 0.25) is 0 Å². The fraction of sp³-hybridized carbons (Fsp3) is 0.562. The molecule has 1 aromatic rings. The van der Waals surface area contributed by atoms with Crippen LogP contribution in [0, 0.1) is 5.82 Å². The molecule has 0 bridgehead atoms. The number of piperidine rings is 1. The van der Waals surface area contributed by atoms with Crippen LogP contribution in [0.4, 0.5) is 4.39 Å². The van der Waals surface area contributed by atoms with Crippen LogP contribution < -0.4 is 10.6 Å². The van der Waals surface area contributed by atoms with Gasteiger partial charge in [0.2, 0.25) is 5.91 Å². The number of amides is 1. The summed E-state index contributed by atoms with van der Waals surface area (Å²) in [6.45, 7) is 2.99. The fourth-order valence-corrected chi connectivity index (χ4v) is 2.62. The monoisotopic (exact) mass is 278 g/mol. The summed E-state index contributed by atoms with van der Waals surface area (Å²) in [7, 11) is 0. The van der Waals surface area contributed by atoms with Crippen LogP contribution in [0.15, 0.2) is 24.3 Å². The molecular weight excluding hydrogens is 255 g/mol. The first-order valence-corrected chi connectivity index (χ1v) is 7.43. The second-order valence-corrected chi connectivity index (χ2v) is 5.53. The maximum Gasteiger partial charge on any atom is 0.220 e. The summed E-state index contributed by atoms with van der Waals surface area (Å²) in [6, 6.07) is 6.66. The van der Waals surface area contributed by atoms with Gasteiger partial charge in [-0.2, -0.15) is 0 Å². The zero-order chi connectivity index (χ0) is 14.4. The number of nitrogens with one attached hydrogen (secondary N) is 2. The first-order valence-electron chi connectivity index (χ1n) is 7.43. The molecule has 1 heterocycles. The minimum absolute atomic E-state index is 0.0641. The van der Waals surface area contributed by atoms with Gasteiger partial charge in [0.05, 0.1) is 6.04 Å². The third kappa shape index (κ3) is 4.60. The van der Waals surface area contributed by atoms with E-state index in [0.29, 0.717) is 12.5 Å². The van der Waals surface area contributed by atoms with Gasteiger partial charge in [0.1, 0.15) is 5.82 Å². The number of hydrogen-bond acceptors (Lipinski definition) is 2. The fourth-order valence-electron chi connectivity index (χ4n) is 2.62. The van der Waals surface area contributed by atoms with E-state index in [1.165, 1.54) is 31.4 Å². The van der Waals surface area contributed by atoms with Crippen molar-refractivity contribution < 1.29 is 9.18 Å². The average Bonchev–Trinajstić information content (AvgIpc) is 2.47. The van der Waals surface area contributed by atoms with Crippen molar-refractivity contribution in [1.29, 1.82) is 0 Å². The molecular formula is C16H23FN2O. The lowest BCUT2D eigenvalue weighted by Crippen LogP contribution is -2.35. The van der Waals surface area contributed by atoms with Gasteiger partial charge in [0.15, 0.2) is 0 Å². The van der Waals surface area contributed by atoms with E-state index in [2.05, 4.69) is 10.6 Å². The molecule has 2 atom stereocenters. The van der Waals surface area contributed by atoms with E-state index < -0.39 is 0 Å². The first kappa shape index (κ1) is 15.0. The zero-order valence-electron chi connectivity index (χ0n) is 12.0. The van der Waals surface area contributed by atoms with Gasteiger partial charge in [-0.1, -0.05) is 18.6 Å². The summed E-state index contributed by atoms with van der Waals surface area (Å²) in [4.78, 5) is 11.9. The van der Waals surface area contributed by atoms with Crippen molar-refractivity contribution in [3.05, 3.63) is 35.6 Å². The van der Waals surface area contributed by atoms with Crippen molar-refractivity contribution in [2.75, 3.05) is 6.54 Å². The highest BCUT2D eigenvalue weighted by Gasteiger charge is 2.15. The maximum atomic E-state index is 12.8. The van der Waals surface area contributed by atoms with Gasteiger partial charge < -0.3 is 10.6 Å². The molecule has 0 radical (unpaired) electrons. The minimum Gasteiger partial charge on any atom is -0.350 e. The standard InChI is InChI=1S/C16H23FN2O/c1-12(13-5-7-14(17)8-6-13)19-16(20)10-9-15-4-2-3-11-18-15/h5-8,12,15,18H,2-4,9-11H2,1H3,(H,19,20)/t12-,15?/m1/s1. The highest BCUT2D eigenvalue weighted by molar-refractivity contribution is 5.76. The average molecular weight is 278 g/mol. The number of hydrogen-bond donors (Lipinski definition) is 2. The molecule has 110 valence electrons. The number of benzene rings is 1. The SMILES string of the molecule is C[C@@H](NC(=O)CCC1CCCCN1)c1ccc(F)cc1. The van der Waals surface area contributed by atoms with E-state index in [9.17, 15) is 9.18 Å². The van der Waals surface area contributed by atoms with Crippen molar-refractivity contribution in [2.45, 2.75) is 51.1 Å². The molecule has 20 heavy (non-hydrogen) atoms. The van der Waals surface area contributed by atoms with Crippen LogP contribution in [0.5, 0.6) is 0 Å². The van der Waals surface area contributed by atoms with Crippen molar-refractivity contribution in [3.8, 4) is 0 Å². The van der Waals surface area contributed by atoms with E-state index in [4.69, 9.17) is 0 Å². The summed E-state index contributed by atoms with van der Waals surface area (Å²) in [6.07, 6.45) is 5.10. The quantitative estimate of drug-likeness (QED) is 0.869. The molecule has 1 aliphatic rings. The second kappa shape index (κ2) is 7.39. The van der Waals surface area contributed by atoms with E-state index in [1.807, 2.05) is 6.92 Å². The number of carbonyl (C=O) groups is 1. The van der Waals surface area contributed by atoms with E-state index in [0.717, 1.165) is 18.5 Å². The Hall–Kier alpha value is -1.42. The predicted molar refractivity (Wildman–Crippen MR) is 77.8 cm³/mol. The molecule has 1 amide bonds. The van der Waals surface area contributed by atoms with Crippen LogP contribution in [-0.4, -0.2) is 18.5 Å². The number of rotatable bonds is 5. The van der Waals surface area contributed by atoms with Crippen molar-refractivity contribution in [3.63, 3.8) is 0 Å². The van der Waals surface area contributed by atoms with E-state index >= 15 is 0 Å². The molecule has 2 rings (SSSR count). The molecule has 0 saturated carbocycles. The third-order valence-electron chi connectivity index (χ3n) is 3.88. The summed E-state index contributed by atoms with van der Waals surface area (Å²) in [5.41, 5.74) is 0.926. The van der Waals surface area contributed by atoms with Crippen LogP contribution in [0.1, 0.15) is 50.6 Å². The van der Waals surface area contributed by atoms with Gasteiger partial charge in [0, 0.05) is 12.5 Å². The molecule has 4 heteroatoms. The molecule has 0 aliphatic carbocycles. The lowest BCUT2D eigenvalue weighted by Gasteiger charge is -2.23. The first-order chi connectivity index (χ1) is 9.65. The normalized spacial score (nSPS) is 20.4. The zero-order valence-corrected chi connectivity index (χ0v) is 12.0. The molecule has 1 aromatic carbocycles. The van der Waals surface area contributed by atoms with Gasteiger partial charge in [0.25, 0.3) is 0 Å². The highest BCUT2D eigenvalue weighted by atomic mass is 19.1. The largest absolute Gasteiger partial charge is 0.350 e. The van der Waals surface area contributed by atoms with Gasteiger partial charge in [-0.15, -0.1) is 0 Å². The molecule has 1 fully saturated rings. The van der Waals surface area contributed by atoms with Crippen LogP contribution in [0.3, 0.4) is 0 Å². The number of carbonyl (C=O) groups excluding carboxylic acids is 1. The Balaban J connectivity index is 1.74. The summed E-state index contributed by atoms with van der Waals surface area (Å²) in [5, 5.41) is 6.41. The highest BCUT2D eigenvalue weighted by Crippen LogP contribution is 2.15.